The van der Waals surface area contributed by atoms with E-state index in [0.717, 1.165) is 15.9 Å². The van der Waals surface area contributed by atoms with E-state index in [1.807, 2.05) is 24.3 Å². The van der Waals surface area contributed by atoms with Gasteiger partial charge in [-0.15, -0.1) is 11.8 Å². The Kier molecular flexibility index (Phi) is 4.67. The van der Waals surface area contributed by atoms with Crippen molar-refractivity contribution in [1.82, 2.24) is 4.98 Å². The summed E-state index contributed by atoms with van der Waals surface area (Å²) in [6.07, 6.45) is 0.409. The molecule has 1 amide bonds. The Bertz CT molecular complexity index is 974. The fraction of sp³-hybridized carbons (Fsp3) is 0.200. The summed E-state index contributed by atoms with van der Waals surface area (Å²) in [4.78, 5) is 16.8. The van der Waals surface area contributed by atoms with Crippen LogP contribution in [0.5, 0.6) is 11.5 Å². The predicted octanol–water partition coefficient (Wildman–Crippen LogP) is 4.39. The summed E-state index contributed by atoms with van der Waals surface area (Å²) in [6.45, 7) is 2.31. The van der Waals surface area contributed by atoms with Crippen molar-refractivity contribution in [2.75, 3.05) is 17.9 Å². The molecule has 5 nitrogen and oxygen atoms in total. The Morgan fingerprint density at radius 1 is 1.15 bits per heavy atom. The fourth-order valence-electron chi connectivity index (χ4n) is 2.84. The summed E-state index contributed by atoms with van der Waals surface area (Å²) in [5.41, 5.74) is 2.90. The third kappa shape index (κ3) is 3.60. The number of hydrogen-bond donors (Lipinski definition) is 1. The van der Waals surface area contributed by atoms with Crippen molar-refractivity contribution in [2.45, 2.75) is 18.4 Å². The van der Waals surface area contributed by atoms with Crippen molar-refractivity contribution in [2.24, 2.45) is 0 Å². The van der Waals surface area contributed by atoms with Crippen LogP contribution in [-0.4, -0.2) is 23.4 Å². The number of pyridine rings is 1. The lowest BCUT2D eigenvalue weighted by Gasteiger charge is -2.07. The Morgan fingerprint density at radius 2 is 2.00 bits per heavy atom. The van der Waals surface area contributed by atoms with Gasteiger partial charge in [0.05, 0.1) is 10.5 Å². The average Bonchev–Trinajstić information content (AvgIpc) is 3.09. The van der Waals surface area contributed by atoms with Crippen LogP contribution in [0.3, 0.4) is 0 Å². The van der Waals surface area contributed by atoms with Crippen LogP contribution in [0.1, 0.15) is 12.0 Å². The van der Waals surface area contributed by atoms with Crippen LogP contribution >= 0.6 is 11.8 Å². The monoisotopic (exact) mass is 366 g/mol. The number of nitrogens with zero attached hydrogens (tertiary/aromatic N) is 1. The molecule has 0 atom stereocenters. The zero-order chi connectivity index (χ0) is 17.9. The number of nitrogens with one attached hydrogen (secondary N) is 1. The van der Waals surface area contributed by atoms with Crippen LogP contribution in [0.2, 0.25) is 0 Å². The molecule has 6 heteroatoms. The van der Waals surface area contributed by atoms with Crippen LogP contribution in [0.15, 0.2) is 53.6 Å². The van der Waals surface area contributed by atoms with Gasteiger partial charge in [0.25, 0.3) is 0 Å². The number of aryl methyl sites for hydroxylation is 1. The zero-order valence-electron chi connectivity index (χ0n) is 14.3. The minimum Gasteiger partial charge on any atom is -0.454 e. The van der Waals surface area contributed by atoms with Gasteiger partial charge in [-0.3, -0.25) is 4.79 Å². The van der Waals surface area contributed by atoms with Gasteiger partial charge in [0, 0.05) is 29.3 Å². The van der Waals surface area contributed by atoms with E-state index in [9.17, 15) is 4.79 Å². The molecule has 0 saturated carbocycles. The molecule has 1 aliphatic heterocycles. The Hall–Kier alpha value is -2.73. The Balaban J connectivity index is 1.34. The number of rotatable bonds is 5. The van der Waals surface area contributed by atoms with Crippen molar-refractivity contribution in [3.05, 3.63) is 54.1 Å². The summed E-state index contributed by atoms with van der Waals surface area (Å²) < 4.78 is 10.6. The molecule has 4 rings (SSSR count). The van der Waals surface area contributed by atoms with Gasteiger partial charge in [0.1, 0.15) is 0 Å². The number of amides is 1. The molecule has 3 aromatic rings. The maximum Gasteiger partial charge on any atom is 0.231 e. The van der Waals surface area contributed by atoms with Gasteiger partial charge in [-0.2, -0.15) is 0 Å². The van der Waals surface area contributed by atoms with E-state index < -0.39 is 0 Å². The fourth-order valence-corrected chi connectivity index (χ4v) is 3.76. The van der Waals surface area contributed by atoms with E-state index in [1.54, 1.807) is 23.9 Å². The number of benzene rings is 2. The standard InChI is InChI=1S/C20H18N2O3S/c1-13-10-20(22-16-5-3-2-4-15(13)16)26-9-8-19(23)21-14-6-7-17-18(11-14)25-12-24-17/h2-7,10-11H,8-9,12H2,1H3,(H,21,23). The molecular formula is C20H18N2O3S. The lowest BCUT2D eigenvalue weighted by Crippen LogP contribution is -2.12. The number of anilines is 1. The second kappa shape index (κ2) is 7.25. The highest BCUT2D eigenvalue weighted by molar-refractivity contribution is 7.99. The van der Waals surface area contributed by atoms with Gasteiger partial charge < -0.3 is 14.8 Å². The van der Waals surface area contributed by atoms with Gasteiger partial charge in [-0.05, 0) is 36.8 Å². The number of hydrogen-bond acceptors (Lipinski definition) is 5. The van der Waals surface area contributed by atoms with E-state index in [2.05, 4.69) is 29.4 Å². The molecule has 132 valence electrons. The number of carbonyl (C=O) groups is 1. The quantitative estimate of drug-likeness (QED) is 0.679. The number of aromatic nitrogens is 1. The van der Waals surface area contributed by atoms with Gasteiger partial charge in [-0.25, -0.2) is 4.98 Å². The number of para-hydroxylation sites is 1. The van der Waals surface area contributed by atoms with Gasteiger partial charge in [0.15, 0.2) is 11.5 Å². The van der Waals surface area contributed by atoms with E-state index in [1.165, 1.54) is 5.56 Å². The SMILES string of the molecule is Cc1cc(SCCC(=O)Nc2ccc3c(c2)OCO3)nc2ccccc12. The molecule has 0 spiro atoms. The molecule has 0 aliphatic carbocycles. The minimum atomic E-state index is -0.0334. The summed E-state index contributed by atoms with van der Waals surface area (Å²) in [5.74, 6) is 2.00. The van der Waals surface area contributed by atoms with Crippen LogP contribution in [0.4, 0.5) is 5.69 Å². The smallest absolute Gasteiger partial charge is 0.231 e. The molecular weight excluding hydrogens is 348 g/mol. The summed E-state index contributed by atoms with van der Waals surface area (Å²) in [7, 11) is 0. The molecule has 0 radical (unpaired) electrons. The molecule has 26 heavy (non-hydrogen) atoms. The normalized spacial score (nSPS) is 12.3. The lowest BCUT2D eigenvalue weighted by atomic mass is 10.1. The van der Waals surface area contributed by atoms with Crippen LogP contribution in [-0.2, 0) is 4.79 Å². The number of thioether (sulfide) groups is 1. The first-order valence-corrected chi connectivity index (χ1v) is 9.36. The average molecular weight is 366 g/mol. The van der Waals surface area contributed by atoms with E-state index >= 15 is 0 Å². The predicted molar refractivity (Wildman–Crippen MR) is 103 cm³/mol. The summed E-state index contributed by atoms with van der Waals surface area (Å²) in [5, 5.41) is 5.00. The summed E-state index contributed by atoms with van der Waals surface area (Å²) >= 11 is 1.59. The maximum atomic E-state index is 12.2. The molecule has 2 heterocycles. The first-order valence-electron chi connectivity index (χ1n) is 8.38. The van der Waals surface area contributed by atoms with Crippen molar-refractivity contribution in [3.8, 4) is 11.5 Å². The molecule has 0 fully saturated rings. The largest absolute Gasteiger partial charge is 0.454 e. The first kappa shape index (κ1) is 16.7. The zero-order valence-corrected chi connectivity index (χ0v) is 15.1. The summed E-state index contributed by atoms with van der Waals surface area (Å²) in [6, 6.07) is 15.6. The third-order valence-corrected chi connectivity index (χ3v) is 5.05. The number of ether oxygens (including phenoxy) is 2. The lowest BCUT2D eigenvalue weighted by molar-refractivity contribution is -0.115. The topological polar surface area (TPSA) is 60.5 Å². The van der Waals surface area contributed by atoms with Crippen molar-refractivity contribution in [3.63, 3.8) is 0 Å². The van der Waals surface area contributed by atoms with Gasteiger partial charge in [-0.1, -0.05) is 18.2 Å². The molecule has 1 aromatic heterocycles. The van der Waals surface area contributed by atoms with Crippen LogP contribution in [0, 0.1) is 6.92 Å². The van der Waals surface area contributed by atoms with E-state index in [4.69, 9.17) is 9.47 Å². The number of fused-ring (bicyclic) bond motifs is 2. The van der Waals surface area contributed by atoms with Crippen LogP contribution in [0.25, 0.3) is 10.9 Å². The first-order chi connectivity index (χ1) is 12.7. The third-order valence-electron chi connectivity index (χ3n) is 4.13. The highest BCUT2D eigenvalue weighted by Gasteiger charge is 2.14. The molecule has 0 saturated heterocycles. The maximum absolute atomic E-state index is 12.2. The minimum absolute atomic E-state index is 0.0334. The van der Waals surface area contributed by atoms with E-state index in [0.29, 0.717) is 29.4 Å². The highest BCUT2D eigenvalue weighted by atomic mass is 32.2. The van der Waals surface area contributed by atoms with Crippen LogP contribution < -0.4 is 14.8 Å². The number of carbonyl (C=O) groups excluding carboxylic acids is 1. The molecule has 2 aromatic carbocycles. The Labute approximate surface area is 155 Å². The van der Waals surface area contributed by atoms with Crippen molar-refractivity contribution < 1.29 is 14.3 Å². The van der Waals surface area contributed by atoms with E-state index in [-0.39, 0.29) is 12.7 Å². The van der Waals surface area contributed by atoms with Gasteiger partial charge in [0.2, 0.25) is 12.7 Å². The molecule has 1 N–H and O–H groups in total. The molecule has 0 bridgehead atoms. The van der Waals surface area contributed by atoms with Crippen molar-refractivity contribution >= 4 is 34.3 Å². The van der Waals surface area contributed by atoms with Crippen molar-refractivity contribution in [1.29, 1.82) is 0 Å². The highest BCUT2D eigenvalue weighted by Crippen LogP contribution is 2.34. The Morgan fingerprint density at radius 3 is 2.92 bits per heavy atom. The second-order valence-corrected chi connectivity index (χ2v) is 7.12. The molecule has 1 aliphatic rings. The second-order valence-electron chi connectivity index (χ2n) is 6.01. The van der Waals surface area contributed by atoms with Gasteiger partial charge >= 0.3 is 0 Å². The molecule has 0 unspecified atom stereocenters.